The lowest BCUT2D eigenvalue weighted by atomic mass is 9.85. The van der Waals surface area contributed by atoms with Crippen LogP contribution in [-0.4, -0.2) is 43.2 Å². The van der Waals surface area contributed by atoms with Crippen LogP contribution in [0.5, 0.6) is 0 Å². The highest BCUT2D eigenvalue weighted by Gasteiger charge is 2.46. The van der Waals surface area contributed by atoms with Crippen molar-refractivity contribution < 1.29 is 9.53 Å². The fourth-order valence-electron chi connectivity index (χ4n) is 3.75. The number of esters is 1. The topological polar surface area (TPSA) is 55.6 Å². The number of likely N-dealkylation sites (tertiary alicyclic amines) is 1. The summed E-state index contributed by atoms with van der Waals surface area (Å²) in [5.41, 5.74) is 5.58. The van der Waals surface area contributed by atoms with Crippen LogP contribution in [-0.2, 0) is 9.53 Å². The van der Waals surface area contributed by atoms with Gasteiger partial charge in [0.15, 0.2) is 0 Å². The number of methoxy groups -OCH3 is 1. The summed E-state index contributed by atoms with van der Waals surface area (Å²) in [7, 11) is 1.44. The Morgan fingerprint density at radius 1 is 1.47 bits per heavy atom. The molecule has 1 heterocycles. The van der Waals surface area contributed by atoms with Crippen LogP contribution in [0.4, 0.5) is 0 Å². The summed E-state index contributed by atoms with van der Waals surface area (Å²) in [5, 5.41) is 0. The minimum Gasteiger partial charge on any atom is -0.468 e. The molecule has 0 bridgehead atoms. The molecule has 1 saturated carbocycles. The molecule has 3 unspecified atom stereocenters. The van der Waals surface area contributed by atoms with E-state index in [1.807, 2.05) is 0 Å². The van der Waals surface area contributed by atoms with Gasteiger partial charge in [-0.1, -0.05) is 19.8 Å². The fraction of sp³-hybridized carbons (Fsp3) is 0.933. The molecule has 0 amide bonds. The van der Waals surface area contributed by atoms with Crippen molar-refractivity contribution in [1.82, 2.24) is 4.90 Å². The standard InChI is InChI=1S/C15H28N2O2/c1-3-12-6-9-17(11-12)10-7-13-5-4-8-15(13,16)14(18)19-2/h12-13H,3-11,16H2,1-2H3. The molecule has 2 fully saturated rings. The summed E-state index contributed by atoms with van der Waals surface area (Å²) in [6.45, 7) is 5.78. The number of rotatable bonds is 5. The Morgan fingerprint density at radius 2 is 2.26 bits per heavy atom. The highest BCUT2D eigenvalue weighted by atomic mass is 16.5. The molecule has 2 rings (SSSR count). The highest BCUT2D eigenvalue weighted by molar-refractivity contribution is 5.81. The largest absolute Gasteiger partial charge is 0.468 e. The molecule has 0 radical (unpaired) electrons. The van der Waals surface area contributed by atoms with E-state index in [4.69, 9.17) is 10.5 Å². The summed E-state index contributed by atoms with van der Waals surface area (Å²) in [6.07, 6.45) is 6.53. The zero-order valence-corrected chi connectivity index (χ0v) is 12.4. The Labute approximate surface area is 116 Å². The molecule has 1 aliphatic heterocycles. The van der Waals surface area contributed by atoms with Gasteiger partial charge in [-0.2, -0.15) is 0 Å². The summed E-state index contributed by atoms with van der Waals surface area (Å²) < 4.78 is 4.90. The Balaban J connectivity index is 1.84. The van der Waals surface area contributed by atoms with Crippen LogP contribution in [0, 0.1) is 11.8 Å². The fourth-order valence-corrected chi connectivity index (χ4v) is 3.75. The number of carbonyl (C=O) groups excluding carboxylic acids is 1. The molecule has 110 valence electrons. The zero-order chi connectivity index (χ0) is 13.9. The van der Waals surface area contributed by atoms with Gasteiger partial charge in [0, 0.05) is 6.54 Å². The van der Waals surface area contributed by atoms with Crippen molar-refractivity contribution >= 4 is 5.97 Å². The lowest BCUT2D eigenvalue weighted by molar-refractivity contribution is -0.148. The van der Waals surface area contributed by atoms with Crippen LogP contribution >= 0.6 is 0 Å². The van der Waals surface area contributed by atoms with Crippen LogP contribution in [0.1, 0.15) is 45.4 Å². The minimum absolute atomic E-state index is 0.220. The third-order valence-corrected chi connectivity index (χ3v) is 5.18. The normalized spacial score (nSPS) is 35.7. The molecule has 0 aromatic heterocycles. The monoisotopic (exact) mass is 268 g/mol. The van der Waals surface area contributed by atoms with Gasteiger partial charge in [-0.05, 0) is 50.6 Å². The summed E-state index contributed by atoms with van der Waals surface area (Å²) >= 11 is 0. The van der Waals surface area contributed by atoms with Crippen molar-refractivity contribution in [2.75, 3.05) is 26.7 Å². The van der Waals surface area contributed by atoms with Gasteiger partial charge < -0.3 is 15.4 Å². The lowest BCUT2D eigenvalue weighted by Gasteiger charge is -2.29. The Hall–Kier alpha value is -0.610. The van der Waals surface area contributed by atoms with E-state index in [0.717, 1.165) is 38.1 Å². The van der Waals surface area contributed by atoms with E-state index in [1.54, 1.807) is 0 Å². The zero-order valence-electron chi connectivity index (χ0n) is 12.4. The van der Waals surface area contributed by atoms with Crippen LogP contribution in [0.2, 0.25) is 0 Å². The first-order valence-electron chi connectivity index (χ1n) is 7.69. The van der Waals surface area contributed by atoms with Gasteiger partial charge in [-0.3, -0.25) is 4.79 Å². The van der Waals surface area contributed by atoms with E-state index in [2.05, 4.69) is 11.8 Å². The summed E-state index contributed by atoms with van der Waals surface area (Å²) in [4.78, 5) is 14.4. The summed E-state index contributed by atoms with van der Waals surface area (Å²) in [5.74, 6) is 0.940. The van der Waals surface area contributed by atoms with E-state index >= 15 is 0 Å². The number of hydrogen-bond acceptors (Lipinski definition) is 4. The summed E-state index contributed by atoms with van der Waals surface area (Å²) in [6, 6.07) is 0. The average Bonchev–Trinajstić information content (AvgIpc) is 3.02. The quantitative estimate of drug-likeness (QED) is 0.772. The molecule has 0 aromatic carbocycles. The van der Waals surface area contributed by atoms with E-state index in [0.29, 0.717) is 5.92 Å². The number of nitrogens with two attached hydrogens (primary N) is 1. The van der Waals surface area contributed by atoms with Crippen molar-refractivity contribution in [3.63, 3.8) is 0 Å². The number of carbonyl (C=O) groups is 1. The molecule has 4 heteroatoms. The van der Waals surface area contributed by atoms with Crippen LogP contribution in [0.15, 0.2) is 0 Å². The van der Waals surface area contributed by atoms with E-state index < -0.39 is 5.54 Å². The molecule has 0 aromatic rings. The number of nitrogens with zero attached hydrogens (tertiary/aromatic N) is 1. The van der Waals surface area contributed by atoms with Gasteiger partial charge in [0.25, 0.3) is 0 Å². The average molecular weight is 268 g/mol. The van der Waals surface area contributed by atoms with E-state index in [9.17, 15) is 4.79 Å². The van der Waals surface area contributed by atoms with E-state index in [-0.39, 0.29) is 5.97 Å². The third kappa shape index (κ3) is 3.11. The van der Waals surface area contributed by atoms with Gasteiger partial charge in [0.1, 0.15) is 5.54 Å². The number of hydrogen-bond donors (Lipinski definition) is 1. The predicted octanol–water partition coefficient (Wildman–Crippen LogP) is 1.78. The van der Waals surface area contributed by atoms with Crippen molar-refractivity contribution in [1.29, 1.82) is 0 Å². The van der Waals surface area contributed by atoms with Gasteiger partial charge in [-0.15, -0.1) is 0 Å². The molecule has 2 N–H and O–H groups in total. The van der Waals surface area contributed by atoms with E-state index in [1.165, 1.54) is 33.0 Å². The molecule has 0 spiro atoms. The maximum absolute atomic E-state index is 11.9. The van der Waals surface area contributed by atoms with Crippen molar-refractivity contribution in [2.24, 2.45) is 17.6 Å². The Bertz CT molecular complexity index is 321. The van der Waals surface area contributed by atoms with Gasteiger partial charge in [0.05, 0.1) is 7.11 Å². The Kier molecular flexibility index (Phi) is 4.85. The maximum Gasteiger partial charge on any atom is 0.326 e. The first kappa shape index (κ1) is 14.8. The van der Waals surface area contributed by atoms with Gasteiger partial charge in [-0.25, -0.2) is 0 Å². The molecular weight excluding hydrogens is 240 g/mol. The maximum atomic E-state index is 11.9. The number of ether oxygens (including phenoxy) is 1. The second-order valence-electron chi connectivity index (χ2n) is 6.27. The van der Waals surface area contributed by atoms with Crippen molar-refractivity contribution in [2.45, 2.75) is 51.0 Å². The second kappa shape index (κ2) is 6.23. The lowest BCUT2D eigenvalue weighted by Crippen LogP contribution is -2.52. The van der Waals surface area contributed by atoms with Gasteiger partial charge >= 0.3 is 5.97 Å². The van der Waals surface area contributed by atoms with Gasteiger partial charge in [0.2, 0.25) is 0 Å². The van der Waals surface area contributed by atoms with Crippen molar-refractivity contribution in [3.8, 4) is 0 Å². The molecule has 1 aliphatic carbocycles. The SMILES string of the molecule is CCC1CCN(CCC2CCCC2(N)C(=O)OC)C1. The van der Waals surface area contributed by atoms with Crippen LogP contribution < -0.4 is 5.73 Å². The molecule has 19 heavy (non-hydrogen) atoms. The first-order chi connectivity index (χ1) is 9.10. The van der Waals surface area contributed by atoms with Crippen LogP contribution in [0.3, 0.4) is 0 Å². The van der Waals surface area contributed by atoms with Crippen LogP contribution in [0.25, 0.3) is 0 Å². The predicted molar refractivity (Wildman–Crippen MR) is 75.7 cm³/mol. The first-order valence-corrected chi connectivity index (χ1v) is 7.69. The Morgan fingerprint density at radius 3 is 2.89 bits per heavy atom. The second-order valence-corrected chi connectivity index (χ2v) is 6.27. The third-order valence-electron chi connectivity index (χ3n) is 5.18. The minimum atomic E-state index is -0.724. The smallest absolute Gasteiger partial charge is 0.326 e. The molecular formula is C15H28N2O2. The molecule has 1 saturated heterocycles. The molecule has 3 atom stereocenters. The highest BCUT2D eigenvalue weighted by Crippen LogP contribution is 2.37. The van der Waals surface area contributed by atoms with Crippen molar-refractivity contribution in [3.05, 3.63) is 0 Å². The molecule has 4 nitrogen and oxygen atoms in total. The molecule has 2 aliphatic rings.